The number of nitrogens with zero attached hydrogens (tertiary/aromatic N) is 2. The third-order valence-electron chi connectivity index (χ3n) is 2.02. The van der Waals surface area contributed by atoms with Crippen LogP contribution >= 0.6 is 11.6 Å². The van der Waals surface area contributed by atoms with Gasteiger partial charge in [0.05, 0.1) is 5.75 Å². The van der Waals surface area contributed by atoms with Crippen LogP contribution in [0.2, 0.25) is 5.02 Å². The highest BCUT2D eigenvalue weighted by Crippen LogP contribution is 2.16. The van der Waals surface area contributed by atoms with Crippen molar-refractivity contribution in [3.8, 4) is 0 Å². The molecule has 0 aliphatic rings. The molecule has 0 aliphatic carbocycles. The summed E-state index contributed by atoms with van der Waals surface area (Å²) in [6.07, 6.45) is 0. The van der Waals surface area contributed by atoms with Gasteiger partial charge in [0.15, 0.2) is 0 Å². The largest absolute Gasteiger partial charge is 0.366 e. The highest BCUT2D eigenvalue weighted by molar-refractivity contribution is 7.90. The maximum absolute atomic E-state index is 11.9. The van der Waals surface area contributed by atoms with Gasteiger partial charge in [-0.1, -0.05) is 23.7 Å². The summed E-state index contributed by atoms with van der Waals surface area (Å²) in [7, 11) is -3.58. The number of hydrogen-bond acceptors (Lipinski definition) is 5. The van der Waals surface area contributed by atoms with Crippen LogP contribution in [0.1, 0.15) is 5.56 Å². The van der Waals surface area contributed by atoms with E-state index in [1.807, 2.05) is 0 Å². The molecule has 1 aromatic heterocycles. The third-order valence-corrected chi connectivity index (χ3v) is 3.74. The van der Waals surface area contributed by atoms with Gasteiger partial charge in [-0.15, -0.1) is 5.10 Å². The van der Waals surface area contributed by atoms with Crippen LogP contribution in [0.25, 0.3) is 0 Å². The first-order chi connectivity index (χ1) is 7.97. The zero-order valence-corrected chi connectivity index (χ0v) is 10.2. The van der Waals surface area contributed by atoms with Crippen molar-refractivity contribution in [2.75, 3.05) is 5.73 Å². The number of rotatable bonds is 3. The van der Waals surface area contributed by atoms with Gasteiger partial charge in [0.2, 0.25) is 20.9 Å². The van der Waals surface area contributed by atoms with Gasteiger partial charge in [-0.2, -0.15) is 4.98 Å². The summed E-state index contributed by atoms with van der Waals surface area (Å²) in [5.74, 6) is -0.308. The molecule has 0 fully saturated rings. The quantitative estimate of drug-likeness (QED) is 0.868. The standard InChI is InChI=1S/C9H9ClN4O2S/c10-7-3-1-2-6(4-7)5-17(15,16)9-12-8(11)13-14-9/h1-4H,5H2,(H3,11,12,13,14). The van der Waals surface area contributed by atoms with E-state index in [0.29, 0.717) is 10.6 Å². The molecule has 6 nitrogen and oxygen atoms in total. The molecule has 1 heterocycles. The van der Waals surface area contributed by atoms with Gasteiger partial charge < -0.3 is 5.73 Å². The van der Waals surface area contributed by atoms with Crippen molar-refractivity contribution in [1.82, 2.24) is 15.2 Å². The average Bonchev–Trinajstić information content (AvgIpc) is 2.65. The number of hydrogen-bond donors (Lipinski definition) is 2. The fraction of sp³-hybridized carbons (Fsp3) is 0.111. The first-order valence-electron chi connectivity index (χ1n) is 4.62. The van der Waals surface area contributed by atoms with E-state index in [4.69, 9.17) is 17.3 Å². The van der Waals surface area contributed by atoms with E-state index >= 15 is 0 Å². The van der Waals surface area contributed by atoms with Crippen LogP contribution in [0.5, 0.6) is 0 Å². The minimum Gasteiger partial charge on any atom is -0.366 e. The average molecular weight is 273 g/mol. The third kappa shape index (κ3) is 2.75. The summed E-state index contributed by atoms with van der Waals surface area (Å²) in [5, 5.41) is 5.99. The van der Waals surface area contributed by atoms with Gasteiger partial charge in [0.1, 0.15) is 0 Å². The predicted octanol–water partition coefficient (Wildman–Crippen LogP) is 1.01. The van der Waals surface area contributed by atoms with Crippen LogP contribution in [-0.2, 0) is 15.6 Å². The van der Waals surface area contributed by atoms with Gasteiger partial charge in [-0.05, 0) is 17.7 Å². The molecule has 0 unspecified atom stereocenters. The summed E-state index contributed by atoms with van der Waals surface area (Å²) in [4.78, 5) is 3.59. The SMILES string of the molecule is Nc1n[nH]c(S(=O)(=O)Cc2cccc(Cl)c2)n1. The maximum atomic E-state index is 11.9. The number of nitrogen functional groups attached to an aromatic ring is 1. The molecule has 8 heteroatoms. The molecule has 17 heavy (non-hydrogen) atoms. The Morgan fingerprint density at radius 3 is 2.76 bits per heavy atom. The molecule has 0 spiro atoms. The van der Waals surface area contributed by atoms with Gasteiger partial charge in [0.25, 0.3) is 0 Å². The van der Waals surface area contributed by atoms with E-state index < -0.39 is 9.84 Å². The molecule has 0 amide bonds. The van der Waals surface area contributed by atoms with Crippen LogP contribution in [0.4, 0.5) is 5.95 Å². The summed E-state index contributed by atoms with van der Waals surface area (Å²) in [6.45, 7) is 0. The number of benzene rings is 1. The molecule has 0 radical (unpaired) electrons. The molecule has 1 aromatic carbocycles. The normalized spacial score (nSPS) is 11.6. The van der Waals surface area contributed by atoms with Gasteiger partial charge in [-0.3, -0.25) is 0 Å². The van der Waals surface area contributed by atoms with Crippen LogP contribution < -0.4 is 5.73 Å². The predicted molar refractivity (Wildman–Crippen MR) is 63.1 cm³/mol. The Labute approximate surface area is 103 Å². The second-order valence-corrected chi connectivity index (χ2v) is 5.73. The topological polar surface area (TPSA) is 102 Å². The number of nitrogens with two attached hydrogens (primary N) is 1. The number of anilines is 1. The molecule has 0 saturated carbocycles. The molecular formula is C9H9ClN4O2S. The second kappa shape index (κ2) is 4.34. The zero-order valence-electron chi connectivity index (χ0n) is 8.59. The van der Waals surface area contributed by atoms with Gasteiger partial charge in [-0.25, -0.2) is 13.5 Å². The number of halogens is 1. The summed E-state index contributed by atoms with van der Waals surface area (Å²) < 4.78 is 23.8. The molecule has 3 N–H and O–H groups in total. The first-order valence-corrected chi connectivity index (χ1v) is 6.65. The number of aromatic amines is 1. The Bertz CT molecular complexity index is 638. The lowest BCUT2D eigenvalue weighted by atomic mass is 10.2. The van der Waals surface area contributed by atoms with Crippen molar-refractivity contribution in [1.29, 1.82) is 0 Å². The highest BCUT2D eigenvalue weighted by Gasteiger charge is 2.19. The molecular weight excluding hydrogens is 264 g/mol. The van der Waals surface area contributed by atoms with E-state index in [0.717, 1.165) is 0 Å². The lowest BCUT2D eigenvalue weighted by molar-refractivity contribution is 0.587. The highest BCUT2D eigenvalue weighted by atomic mass is 35.5. The Kier molecular flexibility index (Phi) is 3.03. The van der Waals surface area contributed by atoms with Gasteiger partial charge in [0, 0.05) is 5.02 Å². The molecule has 2 aromatic rings. The van der Waals surface area contributed by atoms with Crippen molar-refractivity contribution in [2.24, 2.45) is 0 Å². The number of sulfone groups is 1. The van der Waals surface area contributed by atoms with Crippen LogP contribution in [-0.4, -0.2) is 23.6 Å². The van der Waals surface area contributed by atoms with Crippen molar-refractivity contribution in [3.05, 3.63) is 34.9 Å². The summed E-state index contributed by atoms with van der Waals surface area (Å²) in [5.41, 5.74) is 5.83. The lowest BCUT2D eigenvalue weighted by Gasteiger charge is -2.01. The van der Waals surface area contributed by atoms with E-state index in [1.165, 1.54) is 0 Å². The number of aromatic nitrogens is 3. The molecule has 0 saturated heterocycles. The Morgan fingerprint density at radius 2 is 2.18 bits per heavy atom. The van der Waals surface area contributed by atoms with Crippen LogP contribution in [0, 0.1) is 0 Å². The van der Waals surface area contributed by atoms with Crippen molar-refractivity contribution >= 4 is 27.4 Å². The number of nitrogens with one attached hydrogen (secondary N) is 1. The monoisotopic (exact) mass is 272 g/mol. The Balaban J connectivity index is 2.29. The zero-order chi connectivity index (χ0) is 12.5. The van der Waals surface area contributed by atoms with Crippen LogP contribution in [0.15, 0.2) is 29.4 Å². The van der Waals surface area contributed by atoms with E-state index in [9.17, 15) is 8.42 Å². The summed E-state index contributed by atoms with van der Waals surface area (Å²) >= 11 is 5.77. The second-order valence-electron chi connectivity index (χ2n) is 3.39. The minimum atomic E-state index is -3.58. The minimum absolute atomic E-state index is 0.102. The van der Waals surface area contributed by atoms with Crippen molar-refractivity contribution in [3.63, 3.8) is 0 Å². The summed E-state index contributed by atoms with van der Waals surface area (Å²) in [6, 6.07) is 6.61. The first kappa shape index (κ1) is 11.9. The fourth-order valence-corrected chi connectivity index (χ4v) is 2.70. The molecule has 90 valence electrons. The van der Waals surface area contributed by atoms with E-state index in [2.05, 4.69) is 15.2 Å². The smallest absolute Gasteiger partial charge is 0.245 e. The lowest BCUT2D eigenvalue weighted by Crippen LogP contribution is -2.07. The molecule has 2 rings (SSSR count). The fourth-order valence-electron chi connectivity index (χ4n) is 1.31. The Morgan fingerprint density at radius 1 is 1.41 bits per heavy atom. The molecule has 0 aliphatic heterocycles. The van der Waals surface area contributed by atoms with E-state index in [-0.39, 0.29) is 16.9 Å². The maximum Gasteiger partial charge on any atom is 0.245 e. The van der Waals surface area contributed by atoms with Crippen molar-refractivity contribution in [2.45, 2.75) is 10.9 Å². The van der Waals surface area contributed by atoms with E-state index in [1.54, 1.807) is 24.3 Å². The molecule has 0 atom stereocenters. The van der Waals surface area contributed by atoms with Crippen molar-refractivity contribution < 1.29 is 8.42 Å². The molecule has 0 bridgehead atoms. The Hall–Kier alpha value is -1.60. The van der Waals surface area contributed by atoms with Gasteiger partial charge >= 0.3 is 0 Å². The number of H-pyrrole nitrogens is 1. The van der Waals surface area contributed by atoms with Crippen LogP contribution in [0.3, 0.4) is 0 Å².